The lowest BCUT2D eigenvalue weighted by Crippen LogP contribution is -2.41. The second-order valence-corrected chi connectivity index (χ2v) is 9.60. The van der Waals surface area contributed by atoms with Crippen LogP contribution < -0.4 is 4.90 Å². The predicted octanol–water partition coefficient (Wildman–Crippen LogP) is 7.92. The first-order valence-corrected chi connectivity index (χ1v) is 13.2. The van der Waals surface area contributed by atoms with E-state index in [9.17, 15) is 0 Å². The molecule has 1 rings (SSSR count). The number of unbranched alkanes of at least 4 members (excludes halogenated alkanes) is 13. The number of thiol groups is 2. The summed E-state index contributed by atoms with van der Waals surface area (Å²) in [4.78, 5) is 6.78. The minimum Gasteiger partial charge on any atom is -0.347 e. The number of rotatable bonds is 19. The Morgan fingerprint density at radius 1 is 0.897 bits per heavy atom. The molecule has 166 valence electrons. The maximum absolute atomic E-state index is 5.34. The molecule has 0 spiro atoms. The summed E-state index contributed by atoms with van der Waals surface area (Å²) in [5, 5.41) is 0. The summed E-state index contributed by atoms with van der Waals surface area (Å²) in [5.74, 6) is 1.63. The van der Waals surface area contributed by atoms with E-state index in [-0.39, 0.29) is 6.04 Å². The third-order valence-electron chi connectivity index (χ3n) is 5.53. The summed E-state index contributed by atoms with van der Waals surface area (Å²) in [6.45, 7) is 3.24. The molecule has 0 bridgehead atoms. The van der Waals surface area contributed by atoms with Crippen LogP contribution in [0.1, 0.15) is 96.8 Å². The van der Waals surface area contributed by atoms with Gasteiger partial charge in [-0.3, -0.25) is 0 Å². The summed E-state index contributed by atoms with van der Waals surface area (Å²) in [7, 11) is 0. The minimum absolute atomic E-state index is 0.0496. The first-order valence-electron chi connectivity index (χ1n) is 11.7. The summed E-state index contributed by atoms with van der Waals surface area (Å²) < 4.78 is 0.691. The van der Waals surface area contributed by atoms with Crippen LogP contribution in [0.3, 0.4) is 0 Å². The van der Waals surface area contributed by atoms with E-state index in [1.165, 1.54) is 83.5 Å². The van der Waals surface area contributed by atoms with Crippen LogP contribution in [0, 0.1) is 0 Å². The van der Waals surface area contributed by atoms with E-state index in [0.29, 0.717) is 9.95 Å². The van der Waals surface area contributed by atoms with E-state index in [4.69, 9.17) is 12.2 Å². The number of hydrogen-bond donors (Lipinski definition) is 2. The summed E-state index contributed by atoms with van der Waals surface area (Å²) in [5.41, 5.74) is 0. The fraction of sp³-hybridized carbons (Fsp3) is 0.750. The van der Waals surface area contributed by atoms with Crippen LogP contribution in [0.25, 0.3) is 0 Å². The molecule has 0 aliphatic carbocycles. The molecule has 29 heavy (non-hydrogen) atoms. The fourth-order valence-corrected chi connectivity index (χ4v) is 4.83. The summed E-state index contributed by atoms with van der Waals surface area (Å²) in [6, 6.07) is 6.07. The van der Waals surface area contributed by atoms with Gasteiger partial charge in [-0.15, -0.1) is 12.6 Å². The van der Waals surface area contributed by atoms with Crippen molar-refractivity contribution < 1.29 is 0 Å². The molecule has 1 heterocycles. The van der Waals surface area contributed by atoms with Gasteiger partial charge in [0.1, 0.15) is 5.82 Å². The van der Waals surface area contributed by atoms with Crippen molar-refractivity contribution in [3.8, 4) is 0 Å². The largest absolute Gasteiger partial charge is 0.347 e. The Morgan fingerprint density at radius 2 is 1.41 bits per heavy atom. The molecule has 1 atom stereocenters. The molecule has 1 aromatic rings. The normalized spacial score (nSPS) is 12.1. The average molecular weight is 455 g/mol. The van der Waals surface area contributed by atoms with E-state index in [2.05, 4.69) is 42.1 Å². The zero-order valence-electron chi connectivity index (χ0n) is 18.4. The Bertz CT molecular complexity index is 510. The van der Waals surface area contributed by atoms with Gasteiger partial charge >= 0.3 is 0 Å². The second kappa shape index (κ2) is 18.5. The molecule has 0 saturated heterocycles. The first-order chi connectivity index (χ1) is 14.2. The molecule has 0 aliphatic rings. The van der Waals surface area contributed by atoms with Crippen LogP contribution >= 0.6 is 37.5 Å². The SMILES string of the molecule is CCCCCCCCCCCCCCCCN(c1ccccn1)[C@@H](CS)C(=S)S. The highest BCUT2D eigenvalue weighted by atomic mass is 32.1. The third kappa shape index (κ3) is 12.9. The van der Waals surface area contributed by atoms with Crippen LogP contribution in [0.15, 0.2) is 24.4 Å². The molecule has 2 nitrogen and oxygen atoms in total. The number of thiocarbonyl (C=S) groups is 1. The zero-order chi connectivity index (χ0) is 21.2. The van der Waals surface area contributed by atoms with E-state index >= 15 is 0 Å². The van der Waals surface area contributed by atoms with Crippen molar-refractivity contribution in [1.82, 2.24) is 4.98 Å². The Morgan fingerprint density at radius 3 is 1.83 bits per heavy atom. The van der Waals surface area contributed by atoms with Gasteiger partial charge in [0.05, 0.1) is 10.2 Å². The van der Waals surface area contributed by atoms with Crippen molar-refractivity contribution in [2.45, 2.75) is 103 Å². The lowest BCUT2D eigenvalue weighted by molar-refractivity contribution is 0.534. The van der Waals surface area contributed by atoms with Gasteiger partial charge in [-0.25, -0.2) is 4.98 Å². The molecule has 1 aromatic heterocycles. The smallest absolute Gasteiger partial charge is 0.129 e. The van der Waals surface area contributed by atoms with Crippen LogP contribution in [0.2, 0.25) is 0 Å². The van der Waals surface area contributed by atoms with Crippen molar-refractivity contribution in [1.29, 1.82) is 0 Å². The molecule has 0 amide bonds. The molecule has 0 fully saturated rings. The average Bonchev–Trinajstić information content (AvgIpc) is 2.73. The van der Waals surface area contributed by atoms with Gasteiger partial charge in [-0.05, 0) is 18.6 Å². The Kier molecular flexibility index (Phi) is 17.1. The number of pyridine rings is 1. The lowest BCUT2D eigenvalue weighted by atomic mass is 10.0. The highest BCUT2D eigenvalue weighted by molar-refractivity contribution is 8.11. The molecule has 0 unspecified atom stereocenters. The lowest BCUT2D eigenvalue weighted by Gasteiger charge is -2.31. The van der Waals surface area contributed by atoms with E-state index in [0.717, 1.165) is 18.8 Å². The van der Waals surface area contributed by atoms with Crippen LogP contribution in [0.4, 0.5) is 5.82 Å². The van der Waals surface area contributed by atoms with Crippen molar-refractivity contribution in [2.75, 3.05) is 17.2 Å². The molecule has 0 saturated carbocycles. The second-order valence-electron chi connectivity index (χ2n) is 8.01. The zero-order valence-corrected chi connectivity index (χ0v) is 21.0. The number of aromatic nitrogens is 1. The summed E-state index contributed by atoms with van der Waals surface area (Å²) in [6.07, 6.45) is 21.1. The van der Waals surface area contributed by atoms with Gasteiger partial charge in [0.2, 0.25) is 0 Å². The minimum atomic E-state index is 0.0496. The van der Waals surface area contributed by atoms with Gasteiger partial charge < -0.3 is 4.90 Å². The maximum atomic E-state index is 5.34. The van der Waals surface area contributed by atoms with Crippen molar-refractivity contribution >= 4 is 47.5 Å². The quantitative estimate of drug-likeness (QED) is 0.125. The molecule has 0 N–H and O–H groups in total. The number of anilines is 1. The van der Waals surface area contributed by atoms with Crippen LogP contribution in [-0.2, 0) is 0 Å². The topological polar surface area (TPSA) is 16.1 Å². The molecular weight excluding hydrogens is 412 g/mol. The Labute approximate surface area is 196 Å². The molecule has 5 heteroatoms. The highest BCUT2D eigenvalue weighted by Crippen LogP contribution is 2.19. The van der Waals surface area contributed by atoms with Gasteiger partial charge in [0.15, 0.2) is 0 Å². The number of hydrogen-bond acceptors (Lipinski definition) is 4. The standard InChI is InChI=1S/C24H42N2S3/c1-2-3-4-5-6-7-8-9-10-11-12-13-14-17-20-26(22(21-27)24(28)29)23-18-15-16-19-25-23/h15-16,18-19,22,27H,2-14,17,20-21H2,1H3,(H,28,29)/t22-/m0/s1. The van der Waals surface area contributed by atoms with Gasteiger partial charge in [-0.2, -0.15) is 12.6 Å². The highest BCUT2D eigenvalue weighted by Gasteiger charge is 2.20. The Hall–Kier alpha value is -0.260. The van der Waals surface area contributed by atoms with Crippen LogP contribution in [-0.4, -0.2) is 27.5 Å². The molecule has 0 radical (unpaired) electrons. The third-order valence-corrected chi connectivity index (χ3v) is 6.45. The predicted molar refractivity (Wildman–Crippen MR) is 141 cm³/mol. The number of nitrogens with zero attached hydrogens (tertiary/aromatic N) is 2. The monoisotopic (exact) mass is 454 g/mol. The van der Waals surface area contributed by atoms with Gasteiger partial charge in [0.25, 0.3) is 0 Å². The summed E-state index contributed by atoms with van der Waals surface area (Å²) >= 11 is 14.3. The Balaban J connectivity index is 2.11. The fourth-order valence-electron chi connectivity index (χ4n) is 3.74. The van der Waals surface area contributed by atoms with Crippen LogP contribution in [0.5, 0.6) is 0 Å². The van der Waals surface area contributed by atoms with Crippen molar-refractivity contribution in [2.24, 2.45) is 0 Å². The van der Waals surface area contributed by atoms with E-state index in [1.807, 2.05) is 24.4 Å². The molecule has 0 aliphatic heterocycles. The van der Waals surface area contributed by atoms with Crippen molar-refractivity contribution in [3.05, 3.63) is 24.4 Å². The van der Waals surface area contributed by atoms with Crippen molar-refractivity contribution in [3.63, 3.8) is 0 Å². The van der Waals surface area contributed by atoms with E-state index < -0.39 is 0 Å². The van der Waals surface area contributed by atoms with Gasteiger partial charge in [-0.1, -0.05) is 109 Å². The molecule has 0 aromatic carbocycles. The molecular formula is C24H42N2S3. The van der Waals surface area contributed by atoms with E-state index in [1.54, 1.807) is 0 Å². The first kappa shape index (κ1) is 26.8. The van der Waals surface area contributed by atoms with Gasteiger partial charge in [0, 0.05) is 18.5 Å². The maximum Gasteiger partial charge on any atom is 0.129 e.